The largest absolute Gasteiger partial charge is 0.483 e. The van der Waals surface area contributed by atoms with E-state index in [1.807, 2.05) is 13.8 Å². The first-order chi connectivity index (χ1) is 14.8. The molecule has 1 spiro atoms. The van der Waals surface area contributed by atoms with Gasteiger partial charge >= 0.3 is 0 Å². The summed E-state index contributed by atoms with van der Waals surface area (Å²) in [7, 11) is 0. The SMILES string of the molecule is Cc1nc(CN2CCC3(CC2)OCC[C@](C)(NC(=O)C2CCCC2)[C@H]3O)n[nH]1.O=CO. The zero-order valence-electron chi connectivity index (χ0n) is 18.5. The summed E-state index contributed by atoms with van der Waals surface area (Å²) < 4.78 is 6.16. The van der Waals surface area contributed by atoms with Crippen molar-refractivity contribution in [2.45, 2.75) is 82.6 Å². The first kappa shape index (κ1) is 23.6. The summed E-state index contributed by atoms with van der Waals surface area (Å²) in [6.07, 6.45) is 5.62. The highest BCUT2D eigenvalue weighted by molar-refractivity contribution is 5.79. The van der Waals surface area contributed by atoms with Gasteiger partial charge in [0, 0.05) is 25.6 Å². The fourth-order valence-electron chi connectivity index (χ4n) is 5.13. The number of aromatic amines is 1. The minimum atomic E-state index is -0.702. The minimum Gasteiger partial charge on any atom is -0.483 e. The summed E-state index contributed by atoms with van der Waals surface area (Å²) in [5.41, 5.74) is -1.21. The van der Waals surface area contributed by atoms with Gasteiger partial charge in [0.05, 0.1) is 17.7 Å². The molecule has 3 fully saturated rings. The molecule has 0 aromatic carbocycles. The van der Waals surface area contributed by atoms with Crippen molar-refractivity contribution >= 4 is 12.4 Å². The monoisotopic (exact) mass is 437 g/mol. The maximum absolute atomic E-state index is 12.7. The number of piperidine rings is 1. The van der Waals surface area contributed by atoms with Crippen molar-refractivity contribution in [2.24, 2.45) is 5.92 Å². The second kappa shape index (κ2) is 10.1. The number of nitrogens with zero attached hydrogens (tertiary/aromatic N) is 3. The zero-order valence-corrected chi connectivity index (χ0v) is 18.5. The van der Waals surface area contributed by atoms with E-state index in [2.05, 4.69) is 25.4 Å². The van der Waals surface area contributed by atoms with E-state index < -0.39 is 17.2 Å². The normalized spacial score (nSPS) is 28.7. The van der Waals surface area contributed by atoms with Crippen LogP contribution in [0.5, 0.6) is 0 Å². The maximum Gasteiger partial charge on any atom is 0.290 e. The van der Waals surface area contributed by atoms with Crippen LogP contribution < -0.4 is 5.32 Å². The van der Waals surface area contributed by atoms with Gasteiger partial charge in [-0.25, -0.2) is 4.98 Å². The predicted molar refractivity (Wildman–Crippen MR) is 112 cm³/mol. The number of nitrogens with one attached hydrogen (secondary N) is 2. The predicted octanol–water partition coefficient (Wildman–Crippen LogP) is 0.995. The molecule has 3 aliphatic rings. The molecule has 0 radical (unpaired) electrons. The minimum absolute atomic E-state index is 0.105. The Kier molecular flexibility index (Phi) is 7.66. The van der Waals surface area contributed by atoms with E-state index in [0.29, 0.717) is 19.6 Å². The van der Waals surface area contributed by atoms with E-state index in [0.717, 1.165) is 63.3 Å². The number of hydrogen-bond acceptors (Lipinski definition) is 7. The molecule has 31 heavy (non-hydrogen) atoms. The second-order valence-electron chi connectivity index (χ2n) is 9.17. The number of ether oxygens (including phenoxy) is 1. The first-order valence-electron chi connectivity index (χ1n) is 11.1. The number of aryl methyl sites for hydroxylation is 1. The highest BCUT2D eigenvalue weighted by Crippen LogP contribution is 2.40. The number of aliphatic hydroxyl groups is 1. The number of carboxylic acid groups (broad SMARTS) is 1. The molecule has 2 aliphatic heterocycles. The Morgan fingerprint density at radius 3 is 2.55 bits per heavy atom. The lowest BCUT2D eigenvalue weighted by Crippen LogP contribution is -2.69. The van der Waals surface area contributed by atoms with E-state index in [4.69, 9.17) is 14.6 Å². The van der Waals surface area contributed by atoms with Crippen molar-refractivity contribution in [3.05, 3.63) is 11.6 Å². The Morgan fingerprint density at radius 1 is 1.32 bits per heavy atom. The van der Waals surface area contributed by atoms with Crippen LogP contribution in [0.15, 0.2) is 0 Å². The number of carbonyl (C=O) groups excluding carboxylic acids is 1. The summed E-state index contributed by atoms with van der Waals surface area (Å²) in [5.74, 6) is 1.83. The third-order valence-corrected chi connectivity index (χ3v) is 6.96. The molecule has 0 unspecified atom stereocenters. The fourth-order valence-corrected chi connectivity index (χ4v) is 5.13. The summed E-state index contributed by atoms with van der Waals surface area (Å²) >= 11 is 0. The zero-order chi connectivity index (χ0) is 22.5. The number of carbonyl (C=O) groups is 2. The molecule has 10 nitrogen and oxygen atoms in total. The van der Waals surface area contributed by atoms with Crippen LogP contribution in [0.1, 0.15) is 63.5 Å². The van der Waals surface area contributed by atoms with Crippen LogP contribution in [0.25, 0.3) is 0 Å². The van der Waals surface area contributed by atoms with E-state index in [9.17, 15) is 9.90 Å². The number of rotatable bonds is 4. The van der Waals surface area contributed by atoms with Gasteiger partial charge < -0.3 is 20.3 Å². The van der Waals surface area contributed by atoms with Gasteiger partial charge in [-0.2, -0.15) is 5.10 Å². The van der Waals surface area contributed by atoms with Crippen molar-refractivity contribution in [3.63, 3.8) is 0 Å². The highest BCUT2D eigenvalue weighted by atomic mass is 16.5. The van der Waals surface area contributed by atoms with Gasteiger partial charge in [-0.1, -0.05) is 12.8 Å². The molecule has 1 aliphatic carbocycles. The van der Waals surface area contributed by atoms with E-state index in [-0.39, 0.29) is 18.3 Å². The van der Waals surface area contributed by atoms with Crippen LogP contribution in [0.3, 0.4) is 0 Å². The van der Waals surface area contributed by atoms with E-state index in [1.54, 1.807) is 0 Å². The average Bonchev–Trinajstić information content (AvgIpc) is 3.41. The highest BCUT2D eigenvalue weighted by Gasteiger charge is 2.54. The van der Waals surface area contributed by atoms with Crippen LogP contribution >= 0.6 is 0 Å². The van der Waals surface area contributed by atoms with Crippen molar-refractivity contribution < 1.29 is 24.5 Å². The second-order valence-corrected chi connectivity index (χ2v) is 9.17. The van der Waals surface area contributed by atoms with Gasteiger partial charge in [-0.15, -0.1) is 0 Å². The molecular weight excluding hydrogens is 402 g/mol. The molecular formula is C21H35N5O5. The van der Waals surface area contributed by atoms with Crippen molar-refractivity contribution in [1.82, 2.24) is 25.4 Å². The molecule has 4 N–H and O–H groups in total. The number of aromatic nitrogens is 3. The van der Waals surface area contributed by atoms with Crippen LogP contribution in [0.4, 0.5) is 0 Å². The Labute approximate surface area is 182 Å². The molecule has 3 heterocycles. The van der Waals surface area contributed by atoms with E-state index >= 15 is 0 Å². The molecule has 2 saturated heterocycles. The molecule has 1 aromatic rings. The van der Waals surface area contributed by atoms with Crippen molar-refractivity contribution in [3.8, 4) is 0 Å². The van der Waals surface area contributed by atoms with Crippen molar-refractivity contribution in [1.29, 1.82) is 0 Å². The molecule has 10 heteroatoms. The Balaban J connectivity index is 0.000000858. The quantitative estimate of drug-likeness (QED) is 0.511. The number of aliphatic hydroxyl groups excluding tert-OH is 1. The van der Waals surface area contributed by atoms with Crippen LogP contribution in [0.2, 0.25) is 0 Å². The standard InChI is InChI=1S/C20H33N5O3.CH2O2/c1-14-21-16(24-23-14)13-25-10-7-20(8-11-25)18(27)19(2,9-12-28-20)22-17(26)15-5-3-4-6-15;2-1-3/h15,18,27H,3-13H2,1-2H3,(H,22,26)(H,21,23,24);1H,(H,2,3)/t18-,19+;/m1./s1. The summed E-state index contributed by atoms with van der Waals surface area (Å²) in [6, 6.07) is 0. The number of amides is 1. The van der Waals surface area contributed by atoms with Crippen LogP contribution in [0, 0.1) is 12.8 Å². The third-order valence-electron chi connectivity index (χ3n) is 6.96. The maximum atomic E-state index is 12.7. The fraction of sp³-hybridized carbons (Fsp3) is 0.810. The Bertz CT molecular complexity index is 742. The van der Waals surface area contributed by atoms with Gasteiger partial charge in [-0.3, -0.25) is 19.6 Å². The lowest BCUT2D eigenvalue weighted by Gasteiger charge is -2.53. The van der Waals surface area contributed by atoms with E-state index in [1.165, 1.54) is 0 Å². The molecule has 1 saturated carbocycles. The average molecular weight is 438 g/mol. The summed E-state index contributed by atoms with van der Waals surface area (Å²) in [6.45, 7) is 6.53. The van der Waals surface area contributed by atoms with Gasteiger partial charge in [0.25, 0.3) is 6.47 Å². The molecule has 174 valence electrons. The molecule has 1 aromatic heterocycles. The Hall–Kier alpha value is -2.04. The lowest BCUT2D eigenvalue weighted by molar-refractivity contribution is -0.208. The lowest BCUT2D eigenvalue weighted by atomic mass is 9.73. The van der Waals surface area contributed by atoms with Gasteiger partial charge in [0.1, 0.15) is 11.9 Å². The van der Waals surface area contributed by atoms with Gasteiger partial charge in [0.15, 0.2) is 5.82 Å². The number of H-pyrrole nitrogens is 1. The Morgan fingerprint density at radius 2 is 1.97 bits per heavy atom. The topological polar surface area (TPSA) is 141 Å². The summed E-state index contributed by atoms with van der Waals surface area (Å²) in [4.78, 5) is 27.7. The van der Waals surface area contributed by atoms with Crippen LogP contribution in [-0.2, 0) is 20.9 Å². The molecule has 0 bridgehead atoms. The van der Waals surface area contributed by atoms with Crippen LogP contribution in [-0.4, -0.2) is 79.6 Å². The number of likely N-dealkylation sites (tertiary alicyclic amines) is 1. The van der Waals surface area contributed by atoms with Gasteiger partial charge in [-0.05, 0) is 46.0 Å². The third kappa shape index (κ3) is 5.42. The molecule has 4 rings (SSSR count). The summed E-state index contributed by atoms with van der Waals surface area (Å²) in [5, 5.41) is 28.5. The number of hydrogen-bond donors (Lipinski definition) is 4. The van der Waals surface area contributed by atoms with Gasteiger partial charge in [0.2, 0.25) is 5.91 Å². The molecule has 1 amide bonds. The smallest absolute Gasteiger partial charge is 0.290 e. The molecule has 2 atom stereocenters. The first-order valence-corrected chi connectivity index (χ1v) is 11.1. The van der Waals surface area contributed by atoms with Crippen molar-refractivity contribution in [2.75, 3.05) is 19.7 Å².